The summed E-state index contributed by atoms with van der Waals surface area (Å²) >= 11 is 0. The third-order valence-corrected chi connectivity index (χ3v) is 3.64. The largest absolute Gasteiger partial charge is 0.457 e. The van der Waals surface area contributed by atoms with Gasteiger partial charge < -0.3 is 4.74 Å². The molecule has 100 valence electrons. The van der Waals surface area contributed by atoms with Crippen LogP contribution in [0.2, 0.25) is 0 Å². The van der Waals surface area contributed by atoms with Crippen LogP contribution < -0.4 is 4.74 Å². The van der Waals surface area contributed by atoms with Gasteiger partial charge in [-0.2, -0.15) is 5.26 Å². The molecular weight excluding hydrogens is 248 g/mol. The van der Waals surface area contributed by atoms with Crippen molar-refractivity contribution in [3.63, 3.8) is 0 Å². The molecule has 1 aliphatic heterocycles. The summed E-state index contributed by atoms with van der Waals surface area (Å²) in [6.07, 6.45) is 0. The Hall–Kier alpha value is -2.31. The molecule has 0 fully saturated rings. The molecule has 2 aromatic carbocycles. The van der Waals surface area contributed by atoms with Gasteiger partial charge in [0.15, 0.2) is 0 Å². The fourth-order valence-corrected chi connectivity index (χ4v) is 2.70. The first-order valence-corrected chi connectivity index (χ1v) is 6.71. The highest BCUT2D eigenvalue weighted by atomic mass is 16.5. The molecule has 0 aromatic heterocycles. The molecule has 0 unspecified atom stereocenters. The Balaban J connectivity index is 2.01. The summed E-state index contributed by atoms with van der Waals surface area (Å²) in [4.78, 5) is 2.05. The number of ether oxygens (including phenoxy) is 1. The molecule has 1 heterocycles. The second kappa shape index (κ2) is 5.36. The van der Waals surface area contributed by atoms with E-state index in [0.29, 0.717) is 6.54 Å². The highest BCUT2D eigenvalue weighted by molar-refractivity contribution is 5.53. The molecule has 1 aliphatic rings. The normalized spacial score (nSPS) is 13.2. The fraction of sp³-hybridized carbons (Fsp3) is 0.235. The first-order valence-electron chi connectivity index (χ1n) is 6.71. The monoisotopic (exact) mass is 264 g/mol. The van der Waals surface area contributed by atoms with E-state index in [0.717, 1.165) is 18.0 Å². The van der Waals surface area contributed by atoms with Crippen LogP contribution >= 0.6 is 0 Å². The van der Waals surface area contributed by atoms with Gasteiger partial charge in [0.05, 0.1) is 12.6 Å². The van der Waals surface area contributed by atoms with Crippen molar-refractivity contribution < 1.29 is 4.74 Å². The van der Waals surface area contributed by atoms with Gasteiger partial charge in [-0.05, 0) is 19.2 Å². The number of hydrogen-bond donors (Lipinski definition) is 0. The second-order valence-electron chi connectivity index (χ2n) is 5.09. The Bertz CT molecular complexity index is 615. The molecule has 3 nitrogen and oxygen atoms in total. The molecule has 3 heteroatoms. The van der Waals surface area contributed by atoms with E-state index in [-0.39, 0.29) is 5.92 Å². The molecule has 0 atom stereocenters. The number of fused-ring (bicyclic) bond motifs is 2. The zero-order chi connectivity index (χ0) is 13.9. The highest BCUT2D eigenvalue weighted by Crippen LogP contribution is 2.43. The average Bonchev–Trinajstić information content (AvgIpc) is 2.47. The lowest BCUT2D eigenvalue weighted by molar-refractivity contribution is 0.344. The second-order valence-corrected chi connectivity index (χ2v) is 5.09. The molecule has 0 radical (unpaired) electrons. The zero-order valence-electron chi connectivity index (χ0n) is 11.4. The van der Waals surface area contributed by atoms with E-state index >= 15 is 0 Å². The lowest BCUT2D eigenvalue weighted by Gasteiger charge is -2.30. The van der Waals surface area contributed by atoms with Crippen molar-refractivity contribution in [3.05, 3.63) is 59.7 Å². The predicted molar refractivity (Wildman–Crippen MR) is 77.9 cm³/mol. The van der Waals surface area contributed by atoms with Gasteiger partial charge in [-0.1, -0.05) is 36.4 Å². The van der Waals surface area contributed by atoms with E-state index < -0.39 is 0 Å². The van der Waals surface area contributed by atoms with Crippen LogP contribution in [0.25, 0.3) is 0 Å². The molecule has 0 N–H and O–H groups in total. The molecule has 20 heavy (non-hydrogen) atoms. The number of benzene rings is 2. The maximum atomic E-state index is 8.84. The van der Waals surface area contributed by atoms with E-state index in [1.165, 1.54) is 11.1 Å². The van der Waals surface area contributed by atoms with Crippen LogP contribution in [0.3, 0.4) is 0 Å². The molecule has 3 rings (SSSR count). The smallest absolute Gasteiger partial charge is 0.131 e. The minimum absolute atomic E-state index is 0.245. The maximum Gasteiger partial charge on any atom is 0.131 e. The molecule has 0 saturated heterocycles. The number of rotatable bonds is 3. The SMILES string of the molecule is CN(CC#N)CC1c2ccccc2Oc2ccccc21. The van der Waals surface area contributed by atoms with E-state index in [2.05, 4.69) is 18.2 Å². The van der Waals surface area contributed by atoms with Gasteiger partial charge in [-0.15, -0.1) is 0 Å². The Morgan fingerprint density at radius 1 is 1.05 bits per heavy atom. The van der Waals surface area contributed by atoms with Crippen molar-refractivity contribution in [1.82, 2.24) is 4.90 Å². The molecular formula is C17H16N2O. The summed E-state index contributed by atoms with van der Waals surface area (Å²) < 4.78 is 5.97. The van der Waals surface area contributed by atoms with Crippen LogP contribution in [-0.2, 0) is 0 Å². The van der Waals surface area contributed by atoms with Gasteiger partial charge in [-0.3, -0.25) is 4.90 Å². The Morgan fingerprint density at radius 2 is 1.60 bits per heavy atom. The van der Waals surface area contributed by atoms with E-state index in [1.807, 2.05) is 48.3 Å². The molecule has 0 amide bonds. The number of nitriles is 1. The van der Waals surface area contributed by atoms with Crippen LogP contribution in [-0.4, -0.2) is 25.0 Å². The number of para-hydroxylation sites is 2. The van der Waals surface area contributed by atoms with Crippen LogP contribution in [0.5, 0.6) is 11.5 Å². The molecule has 2 aromatic rings. The summed E-state index contributed by atoms with van der Waals surface area (Å²) in [5.74, 6) is 2.08. The Morgan fingerprint density at radius 3 is 2.15 bits per heavy atom. The molecule has 0 bridgehead atoms. The van der Waals surface area contributed by atoms with Crippen molar-refractivity contribution in [1.29, 1.82) is 5.26 Å². The van der Waals surface area contributed by atoms with Crippen LogP contribution in [0.4, 0.5) is 0 Å². The Labute approximate surface area is 119 Å². The van der Waals surface area contributed by atoms with Crippen LogP contribution in [0.1, 0.15) is 17.0 Å². The van der Waals surface area contributed by atoms with Crippen molar-refractivity contribution in [3.8, 4) is 17.6 Å². The van der Waals surface area contributed by atoms with Gasteiger partial charge in [0.25, 0.3) is 0 Å². The van der Waals surface area contributed by atoms with Gasteiger partial charge >= 0.3 is 0 Å². The van der Waals surface area contributed by atoms with Crippen molar-refractivity contribution in [2.24, 2.45) is 0 Å². The topological polar surface area (TPSA) is 36.3 Å². The first-order chi connectivity index (χ1) is 9.79. The van der Waals surface area contributed by atoms with Gasteiger partial charge in [0, 0.05) is 23.6 Å². The predicted octanol–water partition coefficient (Wildman–Crippen LogP) is 3.38. The number of likely N-dealkylation sites (N-methyl/N-ethyl adjacent to an activating group) is 1. The van der Waals surface area contributed by atoms with Crippen LogP contribution in [0.15, 0.2) is 48.5 Å². The van der Waals surface area contributed by atoms with Crippen molar-refractivity contribution >= 4 is 0 Å². The number of hydrogen-bond acceptors (Lipinski definition) is 3. The van der Waals surface area contributed by atoms with E-state index in [9.17, 15) is 0 Å². The minimum atomic E-state index is 0.245. The third-order valence-electron chi connectivity index (χ3n) is 3.64. The summed E-state index contributed by atoms with van der Waals surface area (Å²) in [6, 6.07) is 18.5. The van der Waals surface area contributed by atoms with Gasteiger partial charge in [-0.25, -0.2) is 0 Å². The zero-order valence-corrected chi connectivity index (χ0v) is 11.4. The Kier molecular flexibility index (Phi) is 3.41. The quantitative estimate of drug-likeness (QED) is 0.797. The molecule has 0 aliphatic carbocycles. The maximum absolute atomic E-state index is 8.84. The van der Waals surface area contributed by atoms with E-state index in [1.54, 1.807) is 0 Å². The highest BCUT2D eigenvalue weighted by Gasteiger charge is 2.27. The van der Waals surface area contributed by atoms with Gasteiger partial charge in [0.2, 0.25) is 0 Å². The minimum Gasteiger partial charge on any atom is -0.457 e. The lowest BCUT2D eigenvalue weighted by atomic mass is 9.87. The average molecular weight is 264 g/mol. The summed E-state index contributed by atoms with van der Waals surface area (Å²) in [6.45, 7) is 1.24. The summed E-state index contributed by atoms with van der Waals surface area (Å²) in [5, 5.41) is 8.84. The first kappa shape index (κ1) is 12.7. The van der Waals surface area contributed by atoms with Crippen molar-refractivity contribution in [2.75, 3.05) is 20.1 Å². The standard InChI is InChI=1S/C17H16N2O/c1-19(11-10-18)12-15-13-6-2-4-8-16(13)20-17-9-5-3-7-14(15)17/h2-9,15H,11-12H2,1H3. The van der Waals surface area contributed by atoms with Crippen molar-refractivity contribution in [2.45, 2.75) is 5.92 Å². The summed E-state index contributed by atoms with van der Waals surface area (Å²) in [7, 11) is 1.98. The fourth-order valence-electron chi connectivity index (χ4n) is 2.70. The number of nitrogens with zero attached hydrogens (tertiary/aromatic N) is 2. The third kappa shape index (κ3) is 2.26. The molecule has 0 saturated carbocycles. The van der Waals surface area contributed by atoms with E-state index in [4.69, 9.17) is 10.00 Å². The lowest BCUT2D eigenvalue weighted by Crippen LogP contribution is -2.27. The van der Waals surface area contributed by atoms with Crippen LogP contribution in [0, 0.1) is 11.3 Å². The molecule has 0 spiro atoms. The van der Waals surface area contributed by atoms with Gasteiger partial charge in [0.1, 0.15) is 11.5 Å². The summed E-state index contributed by atoms with van der Waals surface area (Å²) in [5.41, 5.74) is 2.38.